The first-order valence-electron chi connectivity index (χ1n) is 8.24. The van der Waals surface area contributed by atoms with Gasteiger partial charge in [0.2, 0.25) is 0 Å². The Morgan fingerprint density at radius 1 is 1.00 bits per heavy atom. The van der Waals surface area contributed by atoms with E-state index in [2.05, 4.69) is 9.98 Å². The Labute approximate surface area is 159 Å². The van der Waals surface area contributed by atoms with Gasteiger partial charge in [0.05, 0.1) is 28.6 Å². The first-order chi connectivity index (χ1) is 13.1. The van der Waals surface area contributed by atoms with Crippen molar-refractivity contribution in [2.75, 3.05) is 7.11 Å². The molecule has 4 rings (SSSR count). The van der Waals surface area contributed by atoms with Gasteiger partial charge in [0.15, 0.2) is 11.5 Å². The highest BCUT2D eigenvalue weighted by Crippen LogP contribution is 2.37. The Hall–Kier alpha value is -3.38. The molecule has 0 aliphatic carbocycles. The maximum Gasteiger partial charge on any atom is 0.161 e. The summed E-state index contributed by atoms with van der Waals surface area (Å²) in [5.74, 6) is 0.636. The Bertz CT molecular complexity index is 1120. The minimum Gasteiger partial charge on any atom is -0.507 e. The third kappa shape index (κ3) is 3.47. The number of phenolic OH excluding ortho intramolecular Hbond substituents is 2. The Balaban J connectivity index is 1.68. The highest BCUT2D eigenvalue weighted by molar-refractivity contribution is 7.21. The van der Waals surface area contributed by atoms with E-state index < -0.39 is 0 Å². The van der Waals surface area contributed by atoms with Crippen LogP contribution in [0.15, 0.2) is 65.7 Å². The van der Waals surface area contributed by atoms with Gasteiger partial charge >= 0.3 is 0 Å². The number of para-hydroxylation sites is 1. The van der Waals surface area contributed by atoms with Crippen LogP contribution in [0, 0.1) is 0 Å². The number of ether oxygens (including phenoxy) is 1. The van der Waals surface area contributed by atoms with E-state index in [0.717, 1.165) is 20.8 Å². The SMILES string of the molecule is COc1cc(C=Nc2ccc(O)c(-c3nc4ccccc4s3)c2)ccc1O. The number of nitrogens with zero attached hydrogens (tertiary/aromatic N) is 2. The molecule has 0 fully saturated rings. The number of hydrogen-bond donors (Lipinski definition) is 2. The molecule has 4 aromatic rings. The Morgan fingerprint density at radius 2 is 1.81 bits per heavy atom. The summed E-state index contributed by atoms with van der Waals surface area (Å²) in [4.78, 5) is 9.06. The largest absolute Gasteiger partial charge is 0.507 e. The van der Waals surface area contributed by atoms with Crippen LogP contribution in [-0.4, -0.2) is 28.5 Å². The molecule has 0 bridgehead atoms. The molecule has 0 unspecified atom stereocenters. The number of methoxy groups -OCH3 is 1. The third-order valence-corrected chi connectivity index (χ3v) is 5.14. The van der Waals surface area contributed by atoms with Crippen LogP contribution >= 0.6 is 11.3 Å². The number of fused-ring (bicyclic) bond motifs is 1. The van der Waals surface area contributed by atoms with Crippen molar-refractivity contribution in [1.82, 2.24) is 4.98 Å². The van der Waals surface area contributed by atoms with Crippen molar-refractivity contribution in [3.8, 4) is 27.8 Å². The topological polar surface area (TPSA) is 74.9 Å². The first kappa shape index (κ1) is 17.1. The van der Waals surface area contributed by atoms with E-state index in [9.17, 15) is 10.2 Å². The second-order valence-corrected chi connectivity index (χ2v) is 6.91. The highest BCUT2D eigenvalue weighted by Gasteiger charge is 2.11. The second kappa shape index (κ2) is 7.09. The van der Waals surface area contributed by atoms with Crippen molar-refractivity contribution in [2.24, 2.45) is 4.99 Å². The molecule has 0 aliphatic rings. The smallest absolute Gasteiger partial charge is 0.161 e. The summed E-state index contributed by atoms with van der Waals surface area (Å²) in [5.41, 5.74) is 3.03. The van der Waals surface area contributed by atoms with Crippen LogP contribution in [0.3, 0.4) is 0 Å². The number of aliphatic imine (C=N–C) groups is 1. The summed E-state index contributed by atoms with van der Waals surface area (Å²) in [6.45, 7) is 0. The van der Waals surface area contributed by atoms with E-state index in [1.807, 2.05) is 24.3 Å². The van der Waals surface area contributed by atoms with Crippen molar-refractivity contribution in [2.45, 2.75) is 0 Å². The van der Waals surface area contributed by atoms with Gasteiger partial charge < -0.3 is 14.9 Å². The third-order valence-electron chi connectivity index (χ3n) is 4.07. The number of thiazole rings is 1. The van der Waals surface area contributed by atoms with Crippen LogP contribution in [0.5, 0.6) is 17.2 Å². The van der Waals surface area contributed by atoms with Crippen LogP contribution in [0.4, 0.5) is 5.69 Å². The second-order valence-electron chi connectivity index (χ2n) is 5.88. The lowest BCUT2D eigenvalue weighted by atomic mass is 10.2. The standard InChI is InChI=1S/C21H16N2O3S/c1-26-19-10-13(6-8-18(19)25)12-22-14-7-9-17(24)15(11-14)21-23-16-4-2-3-5-20(16)27-21/h2-12,24-25H,1H3. The molecular formula is C21H16N2O3S. The fourth-order valence-corrected chi connectivity index (χ4v) is 3.68. The number of hydrogen-bond acceptors (Lipinski definition) is 6. The summed E-state index contributed by atoms with van der Waals surface area (Å²) >= 11 is 1.53. The number of benzene rings is 3. The zero-order valence-corrected chi connectivity index (χ0v) is 15.3. The highest BCUT2D eigenvalue weighted by atomic mass is 32.1. The lowest BCUT2D eigenvalue weighted by Gasteiger charge is -2.04. The first-order valence-corrected chi connectivity index (χ1v) is 9.06. The summed E-state index contributed by atoms with van der Waals surface area (Å²) < 4.78 is 6.17. The van der Waals surface area contributed by atoms with Crippen LogP contribution in [0.2, 0.25) is 0 Å². The van der Waals surface area contributed by atoms with E-state index in [0.29, 0.717) is 17.0 Å². The number of phenols is 2. The Kier molecular flexibility index (Phi) is 4.48. The fraction of sp³-hybridized carbons (Fsp3) is 0.0476. The van der Waals surface area contributed by atoms with Gasteiger partial charge in [0.1, 0.15) is 10.8 Å². The fourth-order valence-electron chi connectivity index (χ4n) is 2.69. The molecule has 0 radical (unpaired) electrons. The van der Waals surface area contributed by atoms with Gasteiger partial charge in [-0.25, -0.2) is 4.98 Å². The van der Waals surface area contributed by atoms with Gasteiger partial charge in [-0.15, -0.1) is 11.3 Å². The molecule has 0 amide bonds. The van der Waals surface area contributed by atoms with E-state index in [1.54, 1.807) is 42.6 Å². The van der Waals surface area contributed by atoms with Crippen molar-refractivity contribution < 1.29 is 14.9 Å². The van der Waals surface area contributed by atoms with E-state index in [1.165, 1.54) is 18.4 Å². The number of aromatic hydroxyl groups is 2. The zero-order chi connectivity index (χ0) is 18.8. The molecule has 1 heterocycles. The van der Waals surface area contributed by atoms with Crippen molar-refractivity contribution in [1.29, 1.82) is 0 Å². The van der Waals surface area contributed by atoms with Crippen molar-refractivity contribution in [3.05, 3.63) is 66.2 Å². The summed E-state index contributed by atoms with van der Waals surface area (Å²) in [5, 5.41) is 20.7. The van der Waals surface area contributed by atoms with Crippen LogP contribution < -0.4 is 4.74 Å². The zero-order valence-electron chi connectivity index (χ0n) is 14.5. The van der Waals surface area contributed by atoms with E-state index >= 15 is 0 Å². The molecule has 0 atom stereocenters. The van der Waals surface area contributed by atoms with Gasteiger partial charge in [-0.3, -0.25) is 4.99 Å². The molecule has 1 aromatic heterocycles. The quantitative estimate of drug-likeness (QED) is 0.484. The molecule has 6 heteroatoms. The minimum atomic E-state index is 0.0809. The summed E-state index contributed by atoms with van der Waals surface area (Å²) in [6, 6.07) is 18.0. The van der Waals surface area contributed by atoms with Crippen LogP contribution in [-0.2, 0) is 0 Å². The average molecular weight is 376 g/mol. The molecule has 0 saturated carbocycles. The van der Waals surface area contributed by atoms with Crippen LogP contribution in [0.1, 0.15) is 5.56 Å². The molecule has 27 heavy (non-hydrogen) atoms. The molecule has 0 aliphatic heterocycles. The minimum absolute atomic E-state index is 0.0809. The molecule has 3 aromatic carbocycles. The van der Waals surface area contributed by atoms with E-state index in [4.69, 9.17) is 4.74 Å². The predicted octanol–water partition coefficient (Wildman–Crippen LogP) is 5.13. The van der Waals surface area contributed by atoms with Crippen LogP contribution in [0.25, 0.3) is 20.8 Å². The van der Waals surface area contributed by atoms with Gasteiger partial charge in [-0.05, 0) is 54.1 Å². The Morgan fingerprint density at radius 3 is 2.63 bits per heavy atom. The number of aromatic nitrogens is 1. The van der Waals surface area contributed by atoms with Gasteiger partial charge in [0, 0.05) is 6.21 Å². The van der Waals surface area contributed by atoms with Crippen molar-refractivity contribution in [3.63, 3.8) is 0 Å². The molecule has 5 nitrogen and oxygen atoms in total. The summed E-state index contributed by atoms with van der Waals surface area (Å²) in [6.07, 6.45) is 1.68. The molecule has 2 N–H and O–H groups in total. The number of rotatable bonds is 4. The summed E-state index contributed by atoms with van der Waals surface area (Å²) in [7, 11) is 1.50. The van der Waals surface area contributed by atoms with Gasteiger partial charge in [-0.2, -0.15) is 0 Å². The molecule has 0 saturated heterocycles. The maximum atomic E-state index is 10.3. The molecular weight excluding hydrogens is 360 g/mol. The predicted molar refractivity (Wildman–Crippen MR) is 109 cm³/mol. The average Bonchev–Trinajstić information content (AvgIpc) is 3.12. The monoisotopic (exact) mass is 376 g/mol. The lowest BCUT2D eigenvalue weighted by Crippen LogP contribution is -1.87. The normalized spacial score (nSPS) is 11.3. The van der Waals surface area contributed by atoms with Gasteiger partial charge in [-0.1, -0.05) is 12.1 Å². The maximum absolute atomic E-state index is 10.3. The van der Waals surface area contributed by atoms with E-state index in [-0.39, 0.29) is 11.5 Å². The lowest BCUT2D eigenvalue weighted by molar-refractivity contribution is 0.373. The van der Waals surface area contributed by atoms with Gasteiger partial charge in [0.25, 0.3) is 0 Å². The molecule has 0 spiro atoms. The molecule has 134 valence electrons. The van der Waals surface area contributed by atoms with Crippen molar-refractivity contribution >= 4 is 33.5 Å².